The van der Waals surface area contributed by atoms with Crippen LogP contribution in [0.4, 0.5) is 0 Å². The molecule has 0 aliphatic rings. The van der Waals surface area contributed by atoms with Crippen molar-refractivity contribution in [2.75, 3.05) is 7.11 Å². The molecule has 2 aromatic rings. The van der Waals surface area contributed by atoms with Gasteiger partial charge in [-0.15, -0.1) is 0 Å². The Hall–Kier alpha value is -2.70. The Balaban J connectivity index is 2.24. The molecule has 2 aromatic heterocycles. The summed E-state index contributed by atoms with van der Waals surface area (Å²) in [6, 6.07) is 3.55. The van der Waals surface area contributed by atoms with Crippen LogP contribution in [-0.4, -0.2) is 33.1 Å². The first-order valence-corrected chi connectivity index (χ1v) is 6.29. The summed E-state index contributed by atoms with van der Waals surface area (Å²) in [4.78, 5) is 33.5. The highest BCUT2D eigenvalue weighted by molar-refractivity contribution is 5.70. The van der Waals surface area contributed by atoms with Crippen molar-refractivity contribution in [3.05, 3.63) is 51.3 Å². The second-order valence-corrected chi connectivity index (χ2v) is 4.53. The molecule has 2 heterocycles. The van der Waals surface area contributed by atoms with Crippen LogP contribution in [0.1, 0.15) is 22.6 Å². The van der Waals surface area contributed by atoms with Crippen LogP contribution >= 0.6 is 0 Å². The molecule has 0 amide bonds. The molecule has 0 atom stereocenters. The van der Waals surface area contributed by atoms with E-state index < -0.39 is 11.5 Å². The minimum absolute atomic E-state index is 0.180. The summed E-state index contributed by atoms with van der Waals surface area (Å²) in [6.07, 6.45) is 1.71. The topological polar surface area (TPSA) is 105 Å². The van der Waals surface area contributed by atoms with Crippen molar-refractivity contribution in [1.29, 1.82) is 0 Å². The van der Waals surface area contributed by atoms with E-state index >= 15 is 0 Å². The molecular formula is C14H15N3O4. The first-order valence-electron chi connectivity index (χ1n) is 6.29. The molecule has 7 nitrogen and oxygen atoms in total. The molecule has 21 heavy (non-hydrogen) atoms. The fourth-order valence-electron chi connectivity index (χ4n) is 1.94. The fraction of sp³-hybridized carbons (Fsp3) is 0.286. The molecule has 0 fully saturated rings. The number of aliphatic carboxylic acids is 1. The van der Waals surface area contributed by atoms with Crippen molar-refractivity contribution >= 4 is 5.97 Å². The second-order valence-electron chi connectivity index (χ2n) is 4.53. The van der Waals surface area contributed by atoms with Crippen LogP contribution in [0.2, 0.25) is 0 Å². The van der Waals surface area contributed by atoms with Crippen molar-refractivity contribution in [1.82, 2.24) is 15.0 Å². The number of aromatic nitrogens is 3. The van der Waals surface area contributed by atoms with Gasteiger partial charge in [0.2, 0.25) is 5.88 Å². The van der Waals surface area contributed by atoms with E-state index in [-0.39, 0.29) is 12.0 Å². The number of aromatic amines is 1. The monoisotopic (exact) mass is 289 g/mol. The molecular weight excluding hydrogens is 274 g/mol. The SMILES string of the molecule is COc1ccc(Cc2nc(C)c(CC(=O)O)c(=O)[nH]2)cn1. The number of pyridine rings is 1. The zero-order chi connectivity index (χ0) is 15.4. The minimum Gasteiger partial charge on any atom is -0.481 e. The van der Waals surface area contributed by atoms with Crippen LogP contribution in [0.25, 0.3) is 0 Å². The third-order valence-electron chi connectivity index (χ3n) is 2.98. The number of hydrogen-bond donors (Lipinski definition) is 2. The number of aryl methyl sites for hydroxylation is 1. The summed E-state index contributed by atoms with van der Waals surface area (Å²) in [5.74, 6) is -0.0794. The Kier molecular flexibility index (Phi) is 4.32. The number of hydrogen-bond acceptors (Lipinski definition) is 5. The highest BCUT2D eigenvalue weighted by Gasteiger charge is 2.12. The van der Waals surface area contributed by atoms with Crippen molar-refractivity contribution < 1.29 is 14.6 Å². The van der Waals surface area contributed by atoms with Crippen LogP contribution < -0.4 is 10.3 Å². The predicted molar refractivity (Wildman–Crippen MR) is 74.5 cm³/mol. The number of ether oxygens (including phenoxy) is 1. The summed E-state index contributed by atoms with van der Waals surface area (Å²) >= 11 is 0. The van der Waals surface area contributed by atoms with E-state index in [9.17, 15) is 9.59 Å². The normalized spacial score (nSPS) is 10.4. The lowest BCUT2D eigenvalue weighted by atomic mass is 10.1. The fourth-order valence-corrected chi connectivity index (χ4v) is 1.94. The Morgan fingerprint density at radius 3 is 2.71 bits per heavy atom. The van der Waals surface area contributed by atoms with E-state index in [4.69, 9.17) is 9.84 Å². The van der Waals surface area contributed by atoms with Crippen LogP contribution in [0.5, 0.6) is 5.88 Å². The van der Waals surface area contributed by atoms with E-state index in [2.05, 4.69) is 15.0 Å². The predicted octanol–water partition coefficient (Wildman–Crippen LogP) is 0.700. The van der Waals surface area contributed by atoms with Crippen molar-refractivity contribution in [2.45, 2.75) is 19.8 Å². The number of methoxy groups -OCH3 is 1. The van der Waals surface area contributed by atoms with E-state index in [0.29, 0.717) is 23.8 Å². The highest BCUT2D eigenvalue weighted by atomic mass is 16.5. The zero-order valence-corrected chi connectivity index (χ0v) is 11.7. The molecule has 2 N–H and O–H groups in total. The number of nitrogens with zero attached hydrogens (tertiary/aromatic N) is 2. The molecule has 7 heteroatoms. The van der Waals surface area contributed by atoms with Gasteiger partial charge in [-0.05, 0) is 12.5 Å². The highest BCUT2D eigenvalue weighted by Crippen LogP contribution is 2.10. The van der Waals surface area contributed by atoms with E-state index in [1.54, 1.807) is 19.2 Å². The lowest BCUT2D eigenvalue weighted by Crippen LogP contribution is -2.21. The number of carboxylic acid groups (broad SMARTS) is 1. The Morgan fingerprint density at radius 1 is 1.43 bits per heavy atom. The molecule has 0 spiro atoms. The van der Waals surface area contributed by atoms with Gasteiger partial charge in [0.1, 0.15) is 5.82 Å². The molecule has 2 rings (SSSR count). The van der Waals surface area contributed by atoms with Gasteiger partial charge in [-0.2, -0.15) is 0 Å². The number of rotatable bonds is 5. The van der Waals surface area contributed by atoms with Gasteiger partial charge in [0.25, 0.3) is 5.56 Å². The summed E-state index contributed by atoms with van der Waals surface area (Å²) in [6.45, 7) is 1.63. The van der Waals surface area contributed by atoms with Gasteiger partial charge in [0.05, 0.1) is 13.5 Å². The average molecular weight is 289 g/mol. The van der Waals surface area contributed by atoms with Crippen molar-refractivity contribution in [3.8, 4) is 5.88 Å². The van der Waals surface area contributed by atoms with Crippen LogP contribution in [0.15, 0.2) is 23.1 Å². The number of carbonyl (C=O) groups is 1. The molecule has 0 radical (unpaired) electrons. The first kappa shape index (κ1) is 14.7. The van der Waals surface area contributed by atoms with Crippen LogP contribution in [0, 0.1) is 6.92 Å². The molecule has 0 aliphatic heterocycles. The van der Waals surface area contributed by atoms with Gasteiger partial charge >= 0.3 is 5.97 Å². The molecule has 0 saturated carbocycles. The standard InChI is InChI=1S/C14H15N3O4/c1-8-10(6-13(18)19)14(20)17-11(16-8)5-9-3-4-12(21-2)15-7-9/h3-4,7H,5-6H2,1-2H3,(H,18,19)(H,16,17,20). The Morgan fingerprint density at radius 2 is 2.19 bits per heavy atom. The third kappa shape index (κ3) is 3.65. The Bertz CT molecular complexity index is 707. The molecule has 0 unspecified atom stereocenters. The van der Waals surface area contributed by atoms with Gasteiger partial charge < -0.3 is 14.8 Å². The molecule has 0 saturated heterocycles. The van der Waals surface area contributed by atoms with E-state index in [1.165, 1.54) is 7.11 Å². The third-order valence-corrected chi connectivity index (χ3v) is 2.98. The zero-order valence-electron chi connectivity index (χ0n) is 11.7. The van der Waals surface area contributed by atoms with Gasteiger partial charge in [-0.25, -0.2) is 9.97 Å². The van der Waals surface area contributed by atoms with Gasteiger partial charge in [-0.3, -0.25) is 9.59 Å². The quantitative estimate of drug-likeness (QED) is 0.839. The molecule has 0 aromatic carbocycles. The smallest absolute Gasteiger partial charge is 0.308 e. The van der Waals surface area contributed by atoms with Crippen molar-refractivity contribution in [3.63, 3.8) is 0 Å². The maximum Gasteiger partial charge on any atom is 0.308 e. The first-order chi connectivity index (χ1) is 9.99. The Labute approximate surface area is 120 Å². The number of carboxylic acids is 1. The summed E-state index contributed by atoms with van der Waals surface area (Å²) in [7, 11) is 1.53. The summed E-state index contributed by atoms with van der Waals surface area (Å²) in [5.41, 5.74) is 1.06. The average Bonchev–Trinajstić information content (AvgIpc) is 2.43. The molecule has 0 bridgehead atoms. The summed E-state index contributed by atoms with van der Waals surface area (Å²) in [5, 5.41) is 8.77. The maximum absolute atomic E-state index is 11.9. The lowest BCUT2D eigenvalue weighted by molar-refractivity contribution is -0.136. The van der Waals surface area contributed by atoms with Crippen molar-refractivity contribution in [2.24, 2.45) is 0 Å². The van der Waals surface area contributed by atoms with Gasteiger partial charge in [0.15, 0.2) is 0 Å². The molecule has 110 valence electrons. The van der Waals surface area contributed by atoms with E-state index in [0.717, 1.165) is 5.56 Å². The van der Waals surface area contributed by atoms with Crippen LogP contribution in [-0.2, 0) is 17.6 Å². The summed E-state index contributed by atoms with van der Waals surface area (Å²) < 4.78 is 4.97. The maximum atomic E-state index is 11.9. The van der Waals surface area contributed by atoms with Gasteiger partial charge in [-0.1, -0.05) is 6.07 Å². The van der Waals surface area contributed by atoms with Gasteiger partial charge in [0, 0.05) is 29.9 Å². The minimum atomic E-state index is -1.06. The largest absolute Gasteiger partial charge is 0.481 e. The van der Waals surface area contributed by atoms with Crippen LogP contribution in [0.3, 0.4) is 0 Å². The molecule has 0 aliphatic carbocycles. The van der Waals surface area contributed by atoms with E-state index in [1.807, 2.05) is 6.07 Å². The number of H-pyrrole nitrogens is 1. The number of nitrogens with one attached hydrogen (secondary N) is 1. The lowest BCUT2D eigenvalue weighted by Gasteiger charge is -2.06. The second kappa shape index (κ2) is 6.17.